The third-order valence-corrected chi connectivity index (χ3v) is 2.51. The average molecular weight is 189 g/mol. The van der Waals surface area contributed by atoms with E-state index in [1.165, 1.54) is 17.5 Å². The molecule has 3 heteroatoms. The number of nitrogens with zero attached hydrogens (tertiary/aromatic N) is 1. The maximum absolute atomic E-state index is 10.1. The van der Waals surface area contributed by atoms with Crippen LogP contribution in [-0.4, -0.2) is 4.92 Å². The van der Waals surface area contributed by atoms with E-state index in [-0.39, 0.29) is 0 Å². The van der Waals surface area contributed by atoms with E-state index < -0.39 is 4.92 Å². The van der Waals surface area contributed by atoms with Crippen molar-refractivity contribution < 1.29 is 4.92 Å². The van der Waals surface area contributed by atoms with E-state index in [0.717, 1.165) is 24.6 Å². The van der Waals surface area contributed by atoms with Gasteiger partial charge in [-0.15, -0.1) is 0 Å². The standard InChI is InChI=1S/C11H11NO2/c13-12(14)7-6-9-4-5-10-2-1-3-11(10)8-9/h4-8H,1-3H2/b7-6+. The lowest BCUT2D eigenvalue weighted by molar-refractivity contribution is -0.400. The van der Waals surface area contributed by atoms with Crippen LogP contribution in [0.15, 0.2) is 24.4 Å². The van der Waals surface area contributed by atoms with E-state index in [4.69, 9.17) is 0 Å². The second kappa shape index (κ2) is 3.62. The highest BCUT2D eigenvalue weighted by Gasteiger charge is 2.09. The number of nitro groups is 1. The lowest BCUT2D eigenvalue weighted by Crippen LogP contribution is -1.85. The fraction of sp³-hybridized carbons (Fsp3) is 0.273. The monoisotopic (exact) mass is 189 g/mol. The third-order valence-electron chi connectivity index (χ3n) is 2.51. The van der Waals surface area contributed by atoms with E-state index in [1.54, 1.807) is 6.08 Å². The number of fused-ring (bicyclic) bond motifs is 1. The molecular formula is C11H11NO2. The number of hydrogen-bond donors (Lipinski definition) is 0. The van der Waals surface area contributed by atoms with Gasteiger partial charge in [0, 0.05) is 6.08 Å². The molecule has 0 aliphatic heterocycles. The van der Waals surface area contributed by atoms with Gasteiger partial charge in [0.2, 0.25) is 6.20 Å². The highest BCUT2D eigenvalue weighted by atomic mass is 16.6. The number of benzene rings is 1. The molecule has 0 unspecified atom stereocenters. The van der Waals surface area contributed by atoms with Crippen LogP contribution in [-0.2, 0) is 12.8 Å². The van der Waals surface area contributed by atoms with Crippen LogP contribution in [0.5, 0.6) is 0 Å². The van der Waals surface area contributed by atoms with Crippen LogP contribution in [0.3, 0.4) is 0 Å². The van der Waals surface area contributed by atoms with Gasteiger partial charge in [0.1, 0.15) is 0 Å². The summed E-state index contributed by atoms with van der Waals surface area (Å²) in [5.74, 6) is 0. The van der Waals surface area contributed by atoms with Crippen molar-refractivity contribution in [2.45, 2.75) is 19.3 Å². The molecule has 0 N–H and O–H groups in total. The summed E-state index contributed by atoms with van der Waals surface area (Å²) in [6.07, 6.45) is 5.98. The van der Waals surface area contributed by atoms with Gasteiger partial charge in [-0.25, -0.2) is 0 Å². The molecule has 0 radical (unpaired) electrons. The van der Waals surface area contributed by atoms with Crippen LogP contribution in [0.1, 0.15) is 23.1 Å². The molecule has 0 saturated carbocycles. The summed E-state index contributed by atoms with van der Waals surface area (Å²) in [7, 11) is 0. The molecule has 0 aromatic heterocycles. The summed E-state index contributed by atoms with van der Waals surface area (Å²) in [4.78, 5) is 9.69. The molecule has 0 heterocycles. The fourth-order valence-electron chi connectivity index (χ4n) is 1.84. The SMILES string of the molecule is O=[N+]([O-])/C=C/c1ccc2c(c1)CCC2. The van der Waals surface area contributed by atoms with Crippen molar-refractivity contribution in [2.75, 3.05) is 0 Å². The topological polar surface area (TPSA) is 43.1 Å². The first-order valence-corrected chi connectivity index (χ1v) is 4.69. The number of aryl methyl sites for hydroxylation is 2. The molecule has 0 spiro atoms. The highest BCUT2D eigenvalue weighted by molar-refractivity contribution is 5.51. The van der Waals surface area contributed by atoms with E-state index in [0.29, 0.717) is 0 Å². The molecule has 14 heavy (non-hydrogen) atoms. The Kier molecular flexibility index (Phi) is 2.31. The van der Waals surface area contributed by atoms with Crippen molar-refractivity contribution in [3.63, 3.8) is 0 Å². The van der Waals surface area contributed by atoms with Crippen LogP contribution in [0, 0.1) is 10.1 Å². The second-order valence-corrected chi connectivity index (χ2v) is 3.48. The van der Waals surface area contributed by atoms with Gasteiger partial charge >= 0.3 is 0 Å². The molecule has 0 fully saturated rings. The summed E-state index contributed by atoms with van der Waals surface area (Å²) in [5, 5.41) is 10.1. The quantitative estimate of drug-likeness (QED) is 0.529. The van der Waals surface area contributed by atoms with Crippen molar-refractivity contribution in [2.24, 2.45) is 0 Å². The average Bonchev–Trinajstić information content (AvgIpc) is 2.61. The molecule has 1 aromatic carbocycles. The Morgan fingerprint density at radius 2 is 2.07 bits per heavy atom. The summed E-state index contributed by atoms with van der Waals surface area (Å²) < 4.78 is 0. The van der Waals surface area contributed by atoms with Crippen LogP contribution in [0.25, 0.3) is 6.08 Å². The van der Waals surface area contributed by atoms with E-state index in [1.807, 2.05) is 12.1 Å². The molecule has 3 nitrogen and oxygen atoms in total. The minimum absolute atomic E-state index is 0.437. The van der Waals surface area contributed by atoms with Gasteiger partial charge in [-0.3, -0.25) is 10.1 Å². The Bertz CT molecular complexity index is 396. The van der Waals surface area contributed by atoms with Crippen molar-refractivity contribution in [3.05, 3.63) is 51.2 Å². The molecule has 0 bridgehead atoms. The molecule has 1 aliphatic carbocycles. The Morgan fingerprint density at radius 1 is 1.29 bits per heavy atom. The van der Waals surface area contributed by atoms with Gasteiger partial charge in [0.05, 0.1) is 4.92 Å². The molecule has 1 aliphatic rings. The lowest BCUT2D eigenvalue weighted by atomic mass is 10.1. The zero-order chi connectivity index (χ0) is 9.97. The molecule has 72 valence electrons. The number of rotatable bonds is 2. The highest BCUT2D eigenvalue weighted by Crippen LogP contribution is 2.23. The molecule has 0 saturated heterocycles. The molecule has 0 atom stereocenters. The smallest absolute Gasteiger partial charge is 0.235 e. The van der Waals surface area contributed by atoms with Crippen molar-refractivity contribution in [1.82, 2.24) is 0 Å². The summed E-state index contributed by atoms with van der Waals surface area (Å²) >= 11 is 0. The van der Waals surface area contributed by atoms with Gasteiger partial charge in [-0.2, -0.15) is 0 Å². The maximum Gasteiger partial charge on any atom is 0.235 e. The molecular weight excluding hydrogens is 178 g/mol. The summed E-state index contributed by atoms with van der Waals surface area (Å²) in [6, 6.07) is 6.05. The van der Waals surface area contributed by atoms with Gasteiger partial charge in [0.15, 0.2) is 0 Å². The Labute approximate surface area is 82.2 Å². The van der Waals surface area contributed by atoms with Crippen molar-refractivity contribution in [3.8, 4) is 0 Å². The Balaban J connectivity index is 2.25. The third kappa shape index (κ3) is 1.82. The first-order valence-electron chi connectivity index (χ1n) is 4.69. The maximum atomic E-state index is 10.1. The predicted octanol–water partition coefficient (Wildman–Crippen LogP) is 2.42. The van der Waals surface area contributed by atoms with E-state index in [2.05, 4.69) is 6.07 Å². The summed E-state index contributed by atoms with van der Waals surface area (Å²) in [6.45, 7) is 0. The van der Waals surface area contributed by atoms with Crippen molar-refractivity contribution >= 4 is 6.08 Å². The van der Waals surface area contributed by atoms with Crippen LogP contribution in [0.4, 0.5) is 0 Å². The predicted molar refractivity (Wildman–Crippen MR) is 54.5 cm³/mol. The zero-order valence-corrected chi connectivity index (χ0v) is 7.77. The minimum Gasteiger partial charge on any atom is -0.259 e. The first kappa shape index (κ1) is 8.94. The van der Waals surface area contributed by atoms with Crippen LogP contribution < -0.4 is 0 Å². The van der Waals surface area contributed by atoms with Crippen LogP contribution >= 0.6 is 0 Å². The van der Waals surface area contributed by atoms with E-state index in [9.17, 15) is 10.1 Å². The van der Waals surface area contributed by atoms with Gasteiger partial charge < -0.3 is 0 Å². The largest absolute Gasteiger partial charge is 0.259 e. The van der Waals surface area contributed by atoms with Gasteiger partial charge in [0.25, 0.3) is 0 Å². The summed E-state index contributed by atoms with van der Waals surface area (Å²) in [5.41, 5.74) is 3.65. The Morgan fingerprint density at radius 3 is 2.86 bits per heavy atom. The second-order valence-electron chi connectivity index (χ2n) is 3.48. The molecule has 1 aromatic rings. The van der Waals surface area contributed by atoms with Gasteiger partial charge in [-0.05, 0) is 36.0 Å². The normalized spacial score (nSPS) is 14.6. The zero-order valence-electron chi connectivity index (χ0n) is 7.77. The van der Waals surface area contributed by atoms with Gasteiger partial charge in [-0.1, -0.05) is 18.2 Å². The fourth-order valence-corrected chi connectivity index (χ4v) is 1.84. The van der Waals surface area contributed by atoms with Crippen molar-refractivity contribution in [1.29, 1.82) is 0 Å². The van der Waals surface area contributed by atoms with E-state index >= 15 is 0 Å². The first-order chi connectivity index (χ1) is 6.75. The molecule has 2 rings (SSSR count). The number of hydrogen-bond acceptors (Lipinski definition) is 2. The Hall–Kier alpha value is -1.64. The lowest BCUT2D eigenvalue weighted by Gasteiger charge is -1.98. The minimum atomic E-state index is -0.437. The van der Waals surface area contributed by atoms with Crippen LogP contribution in [0.2, 0.25) is 0 Å². The molecule has 0 amide bonds.